The van der Waals surface area contributed by atoms with Gasteiger partial charge in [-0.1, -0.05) is 6.58 Å². The molecule has 0 unspecified atom stereocenters. The number of hydrogen-bond acceptors (Lipinski definition) is 3. The number of carbonyl (C=O) groups is 2. The highest BCUT2D eigenvalue weighted by atomic mass is 16.5. The largest absolute Gasteiger partial charge is 0.419 e. The van der Waals surface area contributed by atoms with E-state index in [9.17, 15) is 9.59 Å². The van der Waals surface area contributed by atoms with Crippen LogP contribution < -0.4 is 0 Å². The summed E-state index contributed by atoms with van der Waals surface area (Å²) in [6.07, 6.45) is 1.51. The molecule has 0 saturated carbocycles. The van der Waals surface area contributed by atoms with E-state index in [0.29, 0.717) is 12.8 Å². The van der Waals surface area contributed by atoms with Gasteiger partial charge < -0.3 is 9.64 Å². The van der Waals surface area contributed by atoms with E-state index in [1.54, 1.807) is 4.90 Å². The van der Waals surface area contributed by atoms with Gasteiger partial charge in [0.25, 0.3) is 0 Å². The van der Waals surface area contributed by atoms with Gasteiger partial charge in [0.2, 0.25) is 0 Å². The fraction of sp³-hybridized carbons (Fsp3) is 0.600. The van der Waals surface area contributed by atoms with Crippen LogP contribution in [-0.4, -0.2) is 28.9 Å². The Hall–Kier alpha value is -1.32. The SMILES string of the molecule is C=COC(=O)N1[C@H](C)CC(=O)C[C@@H]1C. The third kappa shape index (κ3) is 2.13. The lowest BCUT2D eigenvalue weighted by molar-refractivity contribution is -0.123. The smallest absolute Gasteiger partial charge is 0.415 e. The summed E-state index contributed by atoms with van der Waals surface area (Å²) in [5.41, 5.74) is 0. The van der Waals surface area contributed by atoms with Crippen LogP contribution in [0.15, 0.2) is 12.8 Å². The molecule has 1 rings (SSSR count). The van der Waals surface area contributed by atoms with Crippen LogP contribution in [-0.2, 0) is 9.53 Å². The van der Waals surface area contributed by atoms with Crippen molar-refractivity contribution in [2.45, 2.75) is 38.8 Å². The lowest BCUT2D eigenvalue weighted by atomic mass is 9.97. The number of ether oxygens (including phenoxy) is 1. The van der Waals surface area contributed by atoms with Crippen molar-refractivity contribution in [3.8, 4) is 0 Å². The van der Waals surface area contributed by atoms with E-state index in [0.717, 1.165) is 6.26 Å². The van der Waals surface area contributed by atoms with Crippen LogP contribution in [0.5, 0.6) is 0 Å². The minimum atomic E-state index is -0.424. The Morgan fingerprint density at radius 3 is 2.43 bits per heavy atom. The van der Waals surface area contributed by atoms with Gasteiger partial charge in [-0.05, 0) is 13.8 Å². The summed E-state index contributed by atoms with van der Waals surface area (Å²) in [6, 6.07) is -0.169. The predicted octanol–water partition coefficient (Wildman–Crippen LogP) is 1.71. The van der Waals surface area contributed by atoms with Crippen LogP contribution in [0.1, 0.15) is 26.7 Å². The van der Waals surface area contributed by atoms with Gasteiger partial charge in [-0.15, -0.1) is 0 Å². The number of amides is 1. The molecule has 0 aromatic rings. The first-order valence-corrected chi connectivity index (χ1v) is 4.67. The van der Waals surface area contributed by atoms with Crippen LogP contribution in [0.3, 0.4) is 0 Å². The molecule has 1 aliphatic rings. The van der Waals surface area contributed by atoms with E-state index in [-0.39, 0.29) is 17.9 Å². The zero-order valence-corrected chi connectivity index (χ0v) is 8.53. The standard InChI is InChI=1S/C10H15NO3/c1-4-14-10(13)11-7(2)5-9(12)6-8(11)3/h4,7-8H,1,5-6H2,2-3H3/t7-,8+. The zero-order valence-electron chi connectivity index (χ0n) is 8.53. The van der Waals surface area contributed by atoms with Gasteiger partial charge in [-0.2, -0.15) is 0 Å². The highest BCUT2D eigenvalue weighted by Crippen LogP contribution is 2.20. The quantitative estimate of drug-likeness (QED) is 0.601. The third-order valence-corrected chi connectivity index (χ3v) is 2.39. The molecule has 1 fully saturated rings. The second kappa shape index (κ2) is 4.26. The van der Waals surface area contributed by atoms with Crippen molar-refractivity contribution >= 4 is 11.9 Å². The third-order valence-electron chi connectivity index (χ3n) is 2.39. The van der Waals surface area contributed by atoms with E-state index < -0.39 is 6.09 Å². The maximum absolute atomic E-state index is 11.4. The highest BCUT2D eigenvalue weighted by molar-refractivity contribution is 5.82. The molecule has 1 amide bonds. The number of likely N-dealkylation sites (tertiary alicyclic amines) is 1. The minimum absolute atomic E-state index is 0.0845. The molecule has 78 valence electrons. The molecule has 14 heavy (non-hydrogen) atoms. The van der Waals surface area contributed by atoms with Gasteiger partial charge in [-0.3, -0.25) is 4.79 Å². The van der Waals surface area contributed by atoms with Crippen molar-refractivity contribution in [1.29, 1.82) is 0 Å². The first kappa shape index (κ1) is 10.8. The predicted molar refractivity (Wildman–Crippen MR) is 51.7 cm³/mol. The number of carbonyl (C=O) groups excluding carboxylic acids is 2. The summed E-state index contributed by atoms with van der Waals surface area (Å²) in [6.45, 7) is 7.01. The van der Waals surface area contributed by atoms with Gasteiger partial charge in [0.05, 0.1) is 6.26 Å². The van der Waals surface area contributed by atoms with Gasteiger partial charge >= 0.3 is 6.09 Å². The fourth-order valence-corrected chi connectivity index (χ4v) is 1.87. The lowest BCUT2D eigenvalue weighted by Crippen LogP contribution is -2.49. The van der Waals surface area contributed by atoms with Crippen LogP contribution in [0.25, 0.3) is 0 Å². The molecule has 0 spiro atoms. The maximum atomic E-state index is 11.4. The van der Waals surface area contributed by atoms with Gasteiger partial charge in [-0.25, -0.2) is 4.79 Å². The van der Waals surface area contributed by atoms with E-state index >= 15 is 0 Å². The maximum Gasteiger partial charge on any atom is 0.415 e. The molecular formula is C10H15NO3. The topological polar surface area (TPSA) is 46.6 Å². The number of hydrogen-bond donors (Lipinski definition) is 0. The number of piperidine rings is 1. The number of nitrogens with zero attached hydrogens (tertiary/aromatic N) is 1. The van der Waals surface area contributed by atoms with Crippen LogP contribution in [0, 0.1) is 0 Å². The van der Waals surface area contributed by atoms with Crippen LogP contribution >= 0.6 is 0 Å². The highest BCUT2D eigenvalue weighted by Gasteiger charge is 2.33. The monoisotopic (exact) mass is 197 g/mol. The van der Waals surface area contributed by atoms with Gasteiger partial charge in [0.1, 0.15) is 5.78 Å². The summed E-state index contributed by atoms with van der Waals surface area (Å²) in [4.78, 5) is 24.2. The van der Waals surface area contributed by atoms with Crippen molar-refractivity contribution in [3.05, 3.63) is 12.8 Å². The molecule has 2 atom stereocenters. The Morgan fingerprint density at radius 2 is 2.00 bits per heavy atom. The van der Waals surface area contributed by atoms with E-state index in [2.05, 4.69) is 6.58 Å². The van der Waals surface area contributed by atoms with Gasteiger partial charge in [0, 0.05) is 24.9 Å². The first-order valence-electron chi connectivity index (χ1n) is 4.67. The summed E-state index contributed by atoms with van der Waals surface area (Å²) in [5.74, 6) is 0.202. The van der Waals surface area contributed by atoms with Crippen molar-refractivity contribution in [3.63, 3.8) is 0 Å². The summed E-state index contributed by atoms with van der Waals surface area (Å²) in [7, 11) is 0. The molecule has 1 saturated heterocycles. The zero-order chi connectivity index (χ0) is 10.7. The Kier molecular flexibility index (Phi) is 3.28. The Bertz CT molecular complexity index is 248. The molecule has 0 aromatic carbocycles. The van der Waals surface area contributed by atoms with Crippen LogP contribution in [0.2, 0.25) is 0 Å². The molecule has 0 aromatic heterocycles. The van der Waals surface area contributed by atoms with Crippen molar-refractivity contribution in [1.82, 2.24) is 4.90 Å². The lowest BCUT2D eigenvalue weighted by Gasteiger charge is -2.36. The molecular weight excluding hydrogens is 182 g/mol. The molecule has 0 radical (unpaired) electrons. The minimum Gasteiger partial charge on any atom is -0.419 e. The molecule has 0 bridgehead atoms. The number of Topliss-reactive ketones (excluding diaryl/α,β-unsaturated/α-hetero) is 1. The first-order chi connectivity index (χ1) is 6.56. The molecule has 4 heteroatoms. The average molecular weight is 197 g/mol. The fourth-order valence-electron chi connectivity index (χ4n) is 1.87. The summed E-state index contributed by atoms with van der Waals surface area (Å²) in [5, 5.41) is 0. The molecule has 0 N–H and O–H groups in total. The Balaban J connectivity index is 2.71. The molecule has 1 heterocycles. The second-order valence-electron chi connectivity index (χ2n) is 3.60. The van der Waals surface area contributed by atoms with Crippen LogP contribution in [0.4, 0.5) is 4.79 Å². The molecule has 1 aliphatic heterocycles. The second-order valence-corrected chi connectivity index (χ2v) is 3.60. The Morgan fingerprint density at radius 1 is 1.50 bits per heavy atom. The van der Waals surface area contributed by atoms with E-state index in [4.69, 9.17) is 4.74 Å². The summed E-state index contributed by atoms with van der Waals surface area (Å²) >= 11 is 0. The van der Waals surface area contributed by atoms with E-state index in [1.807, 2.05) is 13.8 Å². The van der Waals surface area contributed by atoms with Crippen molar-refractivity contribution < 1.29 is 14.3 Å². The normalized spacial score (nSPS) is 27.3. The Labute approximate surface area is 83.5 Å². The molecule has 0 aliphatic carbocycles. The number of rotatable bonds is 1. The van der Waals surface area contributed by atoms with Gasteiger partial charge in [0.15, 0.2) is 0 Å². The number of ketones is 1. The van der Waals surface area contributed by atoms with Crippen molar-refractivity contribution in [2.24, 2.45) is 0 Å². The summed E-state index contributed by atoms with van der Waals surface area (Å²) < 4.78 is 4.70. The molecule has 4 nitrogen and oxygen atoms in total. The average Bonchev–Trinajstić information content (AvgIpc) is 2.01. The van der Waals surface area contributed by atoms with E-state index in [1.165, 1.54) is 0 Å². The van der Waals surface area contributed by atoms with Crippen molar-refractivity contribution in [2.75, 3.05) is 0 Å².